The molecule has 1 fully saturated rings. The number of benzene rings is 2. The number of rotatable bonds is 8. The fraction of sp³-hybridized carbons (Fsp3) is 0.308. The number of halogens is 1. The van der Waals surface area contributed by atoms with Crippen LogP contribution in [0.4, 0.5) is 27.5 Å². The standard InChI is InChI=1S/C26H28FN5O2/c1-18-15-19-5-6-23(25(27)22(19)16-18)30-24-7-8-28-26(31-24)29-20-3-2-4-21(17-20)34-14-11-32-9-12-33-13-10-32/h2-8,16-17H,9-15H2,1H3,(H2,28,29,30,31). The van der Waals surface area contributed by atoms with Crippen LogP contribution in [-0.2, 0) is 11.2 Å². The Balaban J connectivity index is 1.21. The molecule has 2 aliphatic rings. The smallest absolute Gasteiger partial charge is 0.229 e. The van der Waals surface area contributed by atoms with E-state index in [2.05, 4.69) is 25.5 Å². The third-order valence-electron chi connectivity index (χ3n) is 5.92. The Morgan fingerprint density at radius 3 is 2.88 bits per heavy atom. The highest BCUT2D eigenvalue weighted by Gasteiger charge is 2.17. The van der Waals surface area contributed by atoms with Gasteiger partial charge >= 0.3 is 0 Å². The Hall–Kier alpha value is -3.49. The van der Waals surface area contributed by atoms with Crippen molar-refractivity contribution in [3.63, 3.8) is 0 Å². The number of hydrogen-bond acceptors (Lipinski definition) is 7. The van der Waals surface area contributed by atoms with E-state index >= 15 is 0 Å². The van der Waals surface area contributed by atoms with Gasteiger partial charge in [0.15, 0.2) is 5.82 Å². The molecule has 0 spiro atoms. The molecule has 7 nitrogen and oxygen atoms in total. The molecule has 1 aromatic heterocycles. The molecule has 0 atom stereocenters. The summed E-state index contributed by atoms with van der Waals surface area (Å²) in [4.78, 5) is 11.1. The van der Waals surface area contributed by atoms with Gasteiger partial charge < -0.3 is 20.1 Å². The van der Waals surface area contributed by atoms with Gasteiger partial charge in [-0.25, -0.2) is 9.37 Å². The van der Waals surface area contributed by atoms with Gasteiger partial charge in [0.25, 0.3) is 0 Å². The summed E-state index contributed by atoms with van der Waals surface area (Å²) in [5.74, 6) is 1.43. The van der Waals surface area contributed by atoms with E-state index in [1.807, 2.05) is 43.3 Å². The van der Waals surface area contributed by atoms with Gasteiger partial charge in [-0.3, -0.25) is 4.90 Å². The zero-order valence-electron chi connectivity index (χ0n) is 19.2. The van der Waals surface area contributed by atoms with Gasteiger partial charge in [0.1, 0.15) is 18.2 Å². The molecule has 2 heterocycles. The van der Waals surface area contributed by atoms with Crippen LogP contribution in [0.15, 0.2) is 54.2 Å². The highest BCUT2D eigenvalue weighted by molar-refractivity contribution is 5.71. The number of hydrogen-bond donors (Lipinski definition) is 2. The molecule has 34 heavy (non-hydrogen) atoms. The van der Waals surface area contributed by atoms with E-state index in [0.29, 0.717) is 29.6 Å². The van der Waals surface area contributed by atoms with Crippen molar-refractivity contribution >= 4 is 29.2 Å². The number of nitrogens with one attached hydrogen (secondary N) is 2. The monoisotopic (exact) mass is 461 g/mol. The average molecular weight is 462 g/mol. The second-order valence-corrected chi connectivity index (χ2v) is 8.51. The minimum Gasteiger partial charge on any atom is -0.492 e. The van der Waals surface area contributed by atoms with Gasteiger partial charge in [0.05, 0.1) is 18.9 Å². The number of morpholine rings is 1. The van der Waals surface area contributed by atoms with E-state index in [0.717, 1.165) is 61.8 Å². The van der Waals surface area contributed by atoms with Gasteiger partial charge in [0, 0.05) is 43.1 Å². The maximum Gasteiger partial charge on any atom is 0.229 e. The Bertz CT molecular complexity index is 1190. The SMILES string of the molecule is CC1=Cc2c(ccc(Nc3ccnc(Nc4cccc(OCCN5CCOCC5)c4)n3)c2F)C1. The topological polar surface area (TPSA) is 71.5 Å². The van der Waals surface area contributed by atoms with Crippen molar-refractivity contribution in [3.8, 4) is 5.75 Å². The van der Waals surface area contributed by atoms with E-state index in [4.69, 9.17) is 9.47 Å². The van der Waals surface area contributed by atoms with Crippen LogP contribution >= 0.6 is 0 Å². The minimum atomic E-state index is -0.260. The summed E-state index contributed by atoms with van der Waals surface area (Å²) in [6.07, 6.45) is 4.33. The van der Waals surface area contributed by atoms with Crippen LogP contribution in [0.5, 0.6) is 5.75 Å². The summed E-state index contributed by atoms with van der Waals surface area (Å²) >= 11 is 0. The second kappa shape index (κ2) is 10.2. The first-order chi connectivity index (χ1) is 16.6. The predicted octanol–water partition coefficient (Wildman–Crippen LogP) is 4.77. The van der Waals surface area contributed by atoms with Crippen LogP contribution < -0.4 is 15.4 Å². The van der Waals surface area contributed by atoms with Crippen molar-refractivity contribution in [2.24, 2.45) is 0 Å². The molecule has 0 radical (unpaired) electrons. The van der Waals surface area contributed by atoms with E-state index < -0.39 is 0 Å². The molecule has 1 saturated heterocycles. The lowest BCUT2D eigenvalue weighted by molar-refractivity contribution is 0.0322. The third-order valence-corrected chi connectivity index (χ3v) is 5.92. The lowest BCUT2D eigenvalue weighted by atomic mass is 10.1. The predicted molar refractivity (Wildman–Crippen MR) is 132 cm³/mol. The molecule has 0 saturated carbocycles. The molecule has 2 N–H and O–H groups in total. The maximum atomic E-state index is 15.0. The van der Waals surface area contributed by atoms with Crippen LogP contribution in [0, 0.1) is 5.82 Å². The summed E-state index contributed by atoms with van der Waals surface area (Å²) in [7, 11) is 0. The Labute approximate surface area is 198 Å². The first-order valence-electron chi connectivity index (χ1n) is 11.5. The van der Waals surface area contributed by atoms with Crippen LogP contribution in [-0.4, -0.2) is 54.3 Å². The number of anilines is 4. The zero-order valence-corrected chi connectivity index (χ0v) is 19.2. The molecule has 0 amide bonds. The fourth-order valence-corrected chi connectivity index (χ4v) is 4.17. The maximum absolute atomic E-state index is 15.0. The summed E-state index contributed by atoms with van der Waals surface area (Å²) in [5.41, 5.74) is 4.03. The minimum absolute atomic E-state index is 0.260. The molecule has 5 rings (SSSR count). The molecule has 2 aromatic carbocycles. The summed E-state index contributed by atoms with van der Waals surface area (Å²) in [5, 5.41) is 6.28. The zero-order chi connectivity index (χ0) is 23.3. The summed E-state index contributed by atoms with van der Waals surface area (Å²) < 4.78 is 26.3. The second-order valence-electron chi connectivity index (χ2n) is 8.51. The first kappa shape index (κ1) is 22.3. The van der Waals surface area contributed by atoms with Crippen molar-refractivity contribution in [3.05, 3.63) is 71.2 Å². The van der Waals surface area contributed by atoms with Gasteiger partial charge in [-0.15, -0.1) is 0 Å². The highest BCUT2D eigenvalue weighted by Crippen LogP contribution is 2.32. The van der Waals surface area contributed by atoms with Crippen molar-refractivity contribution in [1.82, 2.24) is 14.9 Å². The molecule has 8 heteroatoms. The van der Waals surface area contributed by atoms with Gasteiger partial charge in [0.2, 0.25) is 5.95 Å². The fourth-order valence-electron chi connectivity index (χ4n) is 4.17. The van der Waals surface area contributed by atoms with Crippen LogP contribution in [0.3, 0.4) is 0 Å². The number of aromatic nitrogens is 2. The number of fused-ring (bicyclic) bond motifs is 1. The molecule has 0 bridgehead atoms. The van der Waals surface area contributed by atoms with E-state index in [1.54, 1.807) is 18.3 Å². The summed E-state index contributed by atoms with van der Waals surface area (Å²) in [6.45, 7) is 6.94. The Morgan fingerprint density at radius 2 is 2.00 bits per heavy atom. The van der Waals surface area contributed by atoms with Crippen molar-refractivity contribution in [2.45, 2.75) is 13.3 Å². The molecular formula is C26H28FN5O2. The van der Waals surface area contributed by atoms with Crippen molar-refractivity contribution < 1.29 is 13.9 Å². The van der Waals surface area contributed by atoms with E-state index in [-0.39, 0.29) is 5.82 Å². The van der Waals surface area contributed by atoms with Gasteiger partial charge in [-0.2, -0.15) is 4.98 Å². The van der Waals surface area contributed by atoms with Gasteiger partial charge in [-0.05, 0) is 43.2 Å². The molecule has 176 valence electrons. The van der Waals surface area contributed by atoms with E-state index in [9.17, 15) is 4.39 Å². The van der Waals surface area contributed by atoms with Crippen molar-refractivity contribution in [2.75, 3.05) is 50.1 Å². The molecule has 1 aliphatic carbocycles. The lowest BCUT2D eigenvalue weighted by Crippen LogP contribution is -2.38. The number of allylic oxidation sites excluding steroid dienone is 1. The van der Waals surface area contributed by atoms with Crippen LogP contribution in [0.25, 0.3) is 6.08 Å². The third kappa shape index (κ3) is 5.35. The number of ether oxygens (including phenoxy) is 2. The Morgan fingerprint density at radius 1 is 1.12 bits per heavy atom. The average Bonchev–Trinajstić information content (AvgIpc) is 3.23. The molecule has 3 aromatic rings. The number of nitrogens with zero attached hydrogens (tertiary/aromatic N) is 3. The van der Waals surface area contributed by atoms with E-state index in [1.165, 1.54) is 0 Å². The van der Waals surface area contributed by atoms with Crippen LogP contribution in [0.1, 0.15) is 18.1 Å². The molecular weight excluding hydrogens is 433 g/mol. The lowest BCUT2D eigenvalue weighted by Gasteiger charge is -2.26. The quantitative estimate of drug-likeness (QED) is 0.501. The van der Waals surface area contributed by atoms with Crippen LogP contribution in [0.2, 0.25) is 0 Å². The summed E-state index contributed by atoms with van der Waals surface area (Å²) in [6, 6.07) is 13.1. The largest absolute Gasteiger partial charge is 0.492 e. The first-order valence-corrected chi connectivity index (χ1v) is 11.5. The van der Waals surface area contributed by atoms with Crippen molar-refractivity contribution in [1.29, 1.82) is 0 Å². The molecule has 0 unspecified atom stereocenters. The highest BCUT2D eigenvalue weighted by atomic mass is 19.1. The molecule has 1 aliphatic heterocycles. The Kier molecular flexibility index (Phi) is 6.69. The van der Waals surface area contributed by atoms with Gasteiger partial charge in [-0.1, -0.05) is 23.8 Å². The normalized spacial score (nSPS) is 15.5.